The lowest BCUT2D eigenvalue weighted by Gasteiger charge is -2.15. The molecule has 0 aromatic carbocycles. The van der Waals surface area contributed by atoms with Crippen molar-refractivity contribution in [3.63, 3.8) is 0 Å². The zero-order chi connectivity index (χ0) is 16.0. The highest BCUT2D eigenvalue weighted by Gasteiger charge is 2.31. The highest BCUT2D eigenvalue weighted by atomic mass is 32.2. The Bertz CT molecular complexity index is 592. The van der Waals surface area contributed by atoms with Crippen molar-refractivity contribution < 1.29 is 17.9 Å². The summed E-state index contributed by atoms with van der Waals surface area (Å²) in [6.07, 6.45) is 2.46. The van der Waals surface area contributed by atoms with Gasteiger partial charge in [-0.25, -0.2) is 8.42 Å². The van der Waals surface area contributed by atoms with Crippen LogP contribution in [0.2, 0.25) is 0 Å². The third-order valence-corrected chi connectivity index (χ3v) is 6.46. The van der Waals surface area contributed by atoms with Crippen LogP contribution in [0.1, 0.15) is 35.9 Å². The molecule has 1 aromatic rings. The molecule has 0 bridgehead atoms. The van der Waals surface area contributed by atoms with Gasteiger partial charge in [0, 0.05) is 32.8 Å². The minimum atomic E-state index is -3.55. The third-order valence-electron chi connectivity index (χ3n) is 3.47. The van der Waals surface area contributed by atoms with Crippen LogP contribution < -0.4 is 5.32 Å². The number of hydrogen-bond acceptors (Lipinski definition) is 5. The number of hydrogen-bond donors (Lipinski definition) is 1. The molecule has 2 rings (SSSR count). The number of nitrogens with zero attached hydrogens (tertiary/aromatic N) is 1. The van der Waals surface area contributed by atoms with Gasteiger partial charge in [0.05, 0.1) is 0 Å². The topological polar surface area (TPSA) is 75.7 Å². The van der Waals surface area contributed by atoms with E-state index in [9.17, 15) is 13.2 Å². The molecule has 1 N–H and O–H groups in total. The van der Waals surface area contributed by atoms with E-state index in [-0.39, 0.29) is 15.7 Å². The van der Waals surface area contributed by atoms with Gasteiger partial charge in [-0.15, -0.1) is 11.3 Å². The second kappa shape index (κ2) is 8.05. The fraction of sp³-hybridized carbons (Fsp3) is 0.643. The predicted octanol–water partition coefficient (Wildman–Crippen LogP) is 1.69. The van der Waals surface area contributed by atoms with Crippen LogP contribution in [0.3, 0.4) is 0 Å². The summed E-state index contributed by atoms with van der Waals surface area (Å²) >= 11 is 1.16. The molecule has 0 unspecified atom stereocenters. The summed E-state index contributed by atoms with van der Waals surface area (Å²) in [4.78, 5) is 12.6. The van der Waals surface area contributed by atoms with E-state index < -0.39 is 10.0 Å². The number of carbonyl (C=O) groups is 1. The summed E-state index contributed by atoms with van der Waals surface area (Å²) in [6.45, 7) is 4.69. The molecule has 8 heteroatoms. The molecule has 22 heavy (non-hydrogen) atoms. The lowest BCUT2D eigenvalue weighted by Crippen LogP contribution is -2.31. The first-order valence-corrected chi connectivity index (χ1v) is 9.83. The Balaban J connectivity index is 2.01. The summed E-state index contributed by atoms with van der Waals surface area (Å²) in [5, 5.41) is 4.41. The van der Waals surface area contributed by atoms with Gasteiger partial charge in [0.1, 0.15) is 9.77 Å². The summed E-state index contributed by atoms with van der Waals surface area (Å²) in [7, 11) is -3.55. The van der Waals surface area contributed by atoms with Crippen molar-refractivity contribution in [2.75, 3.05) is 32.8 Å². The van der Waals surface area contributed by atoms with Gasteiger partial charge >= 0.3 is 0 Å². The molecule has 1 aliphatic heterocycles. The van der Waals surface area contributed by atoms with Crippen molar-refractivity contribution >= 4 is 27.3 Å². The smallest absolute Gasteiger partial charge is 0.262 e. The molecule has 1 aliphatic rings. The van der Waals surface area contributed by atoms with Crippen molar-refractivity contribution in [3.8, 4) is 0 Å². The maximum Gasteiger partial charge on any atom is 0.262 e. The Morgan fingerprint density at radius 3 is 2.82 bits per heavy atom. The third kappa shape index (κ3) is 4.07. The molecule has 2 heterocycles. The first-order chi connectivity index (χ1) is 10.6. The van der Waals surface area contributed by atoms with Gasteiger partial charge in [-0.1, -0.05) is 0 Å². The van der Waals surface area contributed by atoms with Crippen molar-refractivity contribution in [1.82, 2.24) is 9.62 Å². The maximum absolute atomic E-state index is 12.6. The predicted molar refractivity (Wildman–Crippen MR) is 85.8 cm³/mol. The molecule has 0 spiro atoms. The van der Waals surface area contributed by atoms with E-state index in [2.05, 4.69) is 5.32 Å². The summed E-state index contributed by atoms with van der Waals surface area (Å²) < 4.78 is 31.8. The fourth-order valence-electron chi connectivity index (χ4n) is 2.33. The van der Waals surface area contributed by atoms with Crippen molar-refractivity contribution in [2.24, 2.45) is 0 Å². The van der Waals surface area contributed by atoms with Crippen molar-refractivity contribution in [3.05, 3.63) is 16.3 Å². The normalized spacial score (nSPS) is 16.0. The zero-order valence-corrected chi connectivity index (χ0v) is 14.3. The molecule has 124 valence electrons. The van der Waals surface area contributed by atoms with Crippen LogP contribution >= 0.6 is 11.3 Å². The van der Waals surface area contributed by atoms with E-state index in [1.165, 1.54) is 10.4 Å². The largest absolute Gasteiger partial charge is 0.382 e. The monoisotopic (exact) mass is 346 g/mol. The molecule has 6 nitrogen and oxygen atoms in total. The van der Waals surface area contributed by atoms with Gasteiger partial charge in [-0.3, -0.25) is 4.79 Å². The first kappa shape index (κ1) is 17.4. The highest BCUT2D eigenvalue weighted by molar-refractivity contribution is 7.89. The van der Waals surface area contributed by atoms with E-state index in [1.807, 2.05) is 6.92 Å². The van der Waals surface area contributed by atoms with Crippen LogP contribution in [0.15, 0.2) is 16.3 Å². The zero-order valence-electron chi connectivity index (χ0n) is 12.7. The average molecular weight is 346 g/mol. The SMILES string of the molecule is CCOCCCNC(=O)c1sccc1S(=O)(=O)N1CCCC1. The van der Waals surface area contributed by atoms with Crippen LogP contribution in [0, 0.1) is 0 Å². The summed E-state index contributed by atoms with van der Waals surface area (Å²) in [6, 6.07) is 1.52. The van der Waals surface area contributed by atoms with Gasteiger partial charge in [0.15, 0.2) is 0 Å². The Kier molecular flexibility index (Phi) is 6.37. The molecule has 1 saturated heterocycles. The first-order valence-electron chi connectivity index (χ1n) is 7.51. The number of carbonyl (C=O) groups excluding carboxylic acids is 1. The Labute approximate surface area is 135 Å². The second-order valence-electron chi connectivity index (χ2n) is 5.03. The Morgan fingerprint density at radius 1 is 1.41 bits per heavy atom. The number of sulfonamides is 1. The quantitative estimate of drug-likeness (QED) is 0.727. The lowest BCUT2D eigenvalue weighted by molar-refractivity contribution is 0.0945. The number of thiophene rings is 1. The summed E-state index contributed by atoms with van der Waals surface area (Å²) in [5.41, 5.74) is 0. The molecular weight excluding hydrogens is 324 g/mol. The molecular formula is C14H22N2O4S2. The molecule has 0 aliphatic carbocycles. The van der Waals surface area contributed by atoms with E-state index in [0.29, 0.717) is 39.3 Å². The average Bonchev–Trinajstić information content (AvgIpc) is 3.18. The maximum atomic E-state index is 12.6. The minimum Gasteiger partial charge on any atom is -0.382 e. The van der Waals surface area contributed by atoms with Gasteiger partial charge in [-0.05, 0) is 37.6 Å². The van der Waals surface area contributed by atoms with Crippen molar-refractivity contribution in [2.45, 2.75) is 31.1 Å². The number of rotatable bonds is 8. The van der Waals surface area contributed by atoms with Gasteiger partial charge in [-0.2, -0.15) is 4.31 Å². The lowest BCUT2D eigenvalue weighted by atomic mass is 10.4. The van der Waals surface area contributed by atoms with Crippen LogP contribution in [0.4, 0.5) is 0 Å². The van der Waals surface area contributed by atoms with Gasteiger partial charge in [0.2, 0.25) is 10.0 Å². The second-order valence-corrected chi connectivity index (χ2v) is 7.85. The van der Waals surface area contributed by atoms with E-state index in [4.69, 9.17) is 4.74 Å². The molecule has 0 atom stereocenters. The van der Waals surface area contributed by atoms with Crippen LogP contribution in [-0.4, -0.2) is 51.5 Å². The van der Waals surface area contributed by atoms with E-state index in [1.54, 1.807) is 5.38 Å². The molecule has 1 fully saturated rings. The molecule has 1 amide bonds. The number of ether oxygens (including phenoxy) is 1. The van der Waals surface area contributed by atoms with E-state index >= 15 is 0 Å². The number of nitrogens with one attached hydrogen (secondary N) is 1. The van der Waals surface area contributed by atoms with E-state index in [0.717, 1.165) is 24.2 Å². The van der Waals surface area contributed by atoms with Crippen molar-refractivity contribution in [1.29, 1.82) is 0 Å². The molecule has 0 saturated carbocycles. The number of amides is 1. The van der Waals surface area contributed by atoms with Gasteiger partial charge in [0.25, 0.3) is 5.91 Å². The highest BCUT2D eigenvalue weighted by Crippen LogP contribution is 2.27. The Hall–Kier alpha value is -0.960. The van der Waals surface area contributed by atoms with Crippen LogP contribution in [0.25, 0.3) is 0 Å². The Morgan fingerprint density at radius 2 is 2.14 bits per heavy atom. The molecule has 1 aromatic heterocycles. The molecule has 0 radical (unpaired) electrons. The van der Waals surface area contributed by atoms with Crippen LogP contribution in [0.5, 0.6) is 0 Å². The minimum absolute atomic E-state index is 0.127. The fourth-order valence-corrected chi connectivity index (χ4v) is 5.17. The standard InChI is InChI=1S/C14H22N2O4S2/c1-2-20-10-5-7-15-14(17)13-12(6-11-21-13)22(18,19)16-8-3-4-9-16/h6,11H,2-5,7-10H2,1H3,(H,15,17). The summed E-state index contributed by atoms with van der Waals surface area (Å²) in [5.74, 6) is -0.329. The van der Waals surface area contributed by atoms with Gasteiger partial charge < -0.3 is 10.1 Å². The van der Waals surface area contributed by atoms with Crippen LogP contribution in [-0.2, 0) is 14.8 Å².